The molecule has 1 amide bonds. The molecule has 1 aromatic carbocycles. The number of ether oxygens (including phenoxy) is 1. The van der Waals surface area contributed by atoms with Crippen molar-refractivity contribution >= 4 is 6.41 Å². The predicted molar refractivity (Wildman–Crippen MR) is 93.4 cm³/mol. The highest BCUT2D eigenvalue weighted by atomic mass is 16.5. The van der Waals surface area contributed by atoms with Gasteiger partial charge in [0.15, 0.2) is 5.82 Å². The smallest absolute Gasteiger partial charge is 0.231 e. The van der Waals surface area contributed by atoms with Gasteiger partial charge in [-0.1, -0.05) is 36.3 Å². The molecule has 1 saturated heterocycles. The Hall–Kier alpha value is -2.21. The minimum Gasteiger partial charge on any atom is -0.384 e. The number of methoxy groups -OCH3 is 1. The molecule has 6 nitrogen and oxygen atoms in total. The number of hydrogen-bond donors (Lipinski definition) is 0. The van der Waals surface area contributed by atoms with Crippen LogP contribution < -0.4 is 0 Å². The molecular formula is C19H25N3O3. The van der Waals surface area contributed by atoms with E-state index in [0.717, 1.165) is 25.8 Å². The van der Waals surface area contributed by atoms with Gasteiger partial charge in [-0.2, -0.15) is 4.98 Å². The van der Waals surface area contributed by atoms with Crippen LogP contribution in [-0.4, -0.2) is 48.3 Å². The zero-order chi connectivity index (χ0) is 17.6. The number of aromatic nitrogens is 2. The highest BCUT2D eigenvalue weighted by Crippen LogP contribution is 2.34. The number of benzene rings is 1. The number of carbonyl (C=O) groups is 1. The summed E-state index contributed by atoms with van der Waals surface area (Å²) in [5.41, 5.74) is 2.58. The summed E-state index contributed by atoms with van der Waals surface area (Å²) < 4.78 is 10.5. The molecule has 1 aliphatic heterocycles. The van der Waals surface area contributed by atoms with E-state index in [1.165, 1.54) is 11.1 Å². The van der Waals surface area contributed by atoms with Crippen LogP contribution in [0.3, 0.4) is 0 Å². The van der Waals surface area contributed by atoms with Crippen molar-refractivity contribution in [2.45, 2.75) is 38.0 Å². The second-order valence-corrected chi connectivity index (χ2v) is 6.58. The van der Waals surface area contributed by atoms with Crippen molar-refractivity contribution in [2.75, 3.05) is 26.8 Å². The van der Waals surface area contributed by atoms with Crippen LogP contribution in [0.1, 0.15) is 48.0 Å². The van der Waals surface area contributed by atoms with Gasteiger partial charge in [0, 0.05) is 32.5 Å². The third-order valence-corrected chi connectivity index (χ3v) is 4.85. The number of aryl methyl sites for hydroxylation is 1. The zero-order valence-corrected chi connectivity index (χ0v) is 14.9. The molecule has 2 unspecified atom stereocenters. The van der Waals surface area contributed by atoms with Crippen LogP contribution in [0.5, 0.6) is 0 Å². The van der Waals surface area contributed by atoms with E-state index in [2.05, 4.69) is 41.3 Å². The summed E-state index contributed by atoms with van der Waals surface area (Å²) in [5, 5.41) is 4.03. The molecule has 6 heteroatoms. The number of rotatable bonds is 7. The molecule has 0 radical (unpaired) electrons. The maximum atomic E-state index is 11.4. The van der Waals surface area contributed by atoms with E-state index in [-0.39, 0.29) is 11.8 Å². The summed E-state index contributed by atoms with van der Waals surface area (Å²) in [6.45, 7) is 4.07. The lowest BCUT2D eigenvalue weighted by atomic mass is 9.84. The van der Waals surface area contributed by atoms with E-state index in [1.807, 2.05) is 4.90 Å². The number of piperidine rings is 1. The van der Waals surface area contributed by atoms with Gasteiger partial charge in [0.25, 0.3) is 0 Å². The van der Waals surface area contributed by atoms with E-state index in [9.17, 15) is 4.79 Å². The van der Waals surface area contributed by atoms with E-state index >= 15 is 0 Å². The first-order chi connectivity index (χ1) is 12.2. The maximum absolute atomic E-state index is 11.4. The minimum absolute atomic E-state index is 0.0681. The lowest BCUT2D eigenvalue weighted by Gasteiger charge is -2.34. The number of hydrogen-bond acceptors (Lipinski definition) is 5. The predicted octanol–water partition coefficient (Wildman–Crippen LogP) is 2.55. The molecule has 25 heavy (non-hydrogen) atoms. The van der Waals surface area contributed by atoms with E-state index in [0.29, 0.717) is 31.3 Å². The second kappa shape index (κ2) is 8.25. The first-order valence-electron chi connectivity index (χ1n) is 8.83. The molecule has 2 atom stereocenters. The van der Waals surface area contributed by atoms with E-state index in [1.54, 1.807) is 7.11 Å². The highest BCUT2D eigenvalue weighted by Gasteiger charge is 2.32. The Bertz CT molecular complexity index is 683. The average molecular weight is 343 g/mol. The van der Waals surface area contributed by atoms with Crippen LogP contribution in [0.2, 0.25) is 0 Å². The van der Waals surface area contributed by atoms with Gasteiger partial charge in [0.1, 0.15) is 0 Å². The van der Waals surface area contributed by atoms with Crippen LogP contribution in [0.15, 0.2) is 28.8 Å². The fourth-order valence-electron chi connectivity index (χ4n) is 3.39. The fraction of sp³-hybridized carbons (Fsp3) is 0.526. The molecule has 0 spiro atoms. The molecule has 1 aliphatic rings. The van der Waals surface area contributed by atoms with Crippen LogP contribution >= 0.6 is 0 Å². The van der Waals surface area contributed by atoms with Crippen molar-refractivity contribution in [2.24, 2.45) is 0 Å². The summed E-state index contributed by atoms with van der Waals surface area (Å²) in [4.78, 5) is 17.7. The number of likely N-dealkylation sites (tertiary alicyclic amines) is 1. The van der Waals surface area contributed by atoms with E-state index < -0.39 is 0 Å². The molecule has 1 aromatic heterocycles. The Morgan fingerprint density at radius 1 is 1.28 bits per heavy atom. The van der Waals surface area contributed by atoms with Crippen molar-refractivity contribution in [3.8, 4) is 0 Å². The number of amides is 1. The molecule has 0 N–H and O–H groups in total. The molecular weight excluding hydrogens is 318 g/mol. The third-order valence-electron chi connectivity index (χ3n) is 4.85. The monoisotopic (exact) mass is 343 g/mol. The standard InChI is InChI=1S/C19H25N3O3/c1-3-14-4-6-15(7-5-14)16-10-17(12-22(11-16)13-23)19-20-18(21-25-19)8-9-24-2/h4-7,13,16-17H,3,8-12H2,1-2H3. The Morgan fingerprint density at radius 2 is 2.04 bits per heavy atom. The second-order valence-electron chi connectivity index (χ2n) is 6.58. The van der Waals surface area contributed by atoms with Gasteiger partial charge in [-0.3, -0.25) is 4.79 Å². The van der Waals surface area contributed by atoms with Crippen molar-refractivity contribution in [1.82, 2.24) is 15.0 Å². The molecule has 0 saturated carbocycles. The van der Waals surface area contributed by atoms with Crippen molar-refractivity contribution < 1.29 is 14.1 Å². The molecule has 3 rings (SSSR count). The molecule has 2 aromatic rings. The van der Waals surface area contributed by atoms with Gasteiger partial charge in [0.05, 0.1) is 12.5 Å². The van der Waals surface area contributed by atoms with Crippen LogP contribution in [0.25, 0.3) is 0 Å². The Labute approximate surface area is 148 Å². The topological polar surface area (TPSA) is 68.5 Å². The maximum Gasteiger partial charge on any atom is 0.231 e. The fourth-order valence-corrected chi connectivity index (χ4v) is 3.39. The minimum atomic E-state index is 0.0681. The van der Waals surface area contributed by atoms with Gasteiger partial charge >= 0.3 is 0 Å². The Balaban J connectivity index is 1.75. The first kappa shape index (κ1) is 17.6. The number of nitrogens with zero attached hydrogens (tertiary/aromatic N) is 3. The lowest BCUT2D eigenvalue weighted by Crippen LogP contribution is -2.37. The zero-order valence-electron chi connectivity index (χ0n) is 14.9. The van der Waals surface area contributed by atoms with Crippen molar-refractivity contribution in [3.63, 3.8) is 0 Å². The molecule has 134 valence electrons. The average Bonchev–Trinajstić information content (AvgIpc) is 3.15. The third kappa shape index (κ3) is 4.25. The molecule has 0 bridgehead atoms. The van der Waals surface area contributed by atoms with Gasteiger partial charge in [-0.15, -0.1) is 0 Å². The molecule has 0 aliphatic carbocycles. The van der Waals surface area contributed by atoms with Crippen molar-refractivity contribution in [1.29, 1.82) is 0 Å². The highest BCUT2D eigenvalue weighted by molar-refractivity contribution is 5.48. The SMILES string of the molecule is CCc1ccc(C2CC(c3nc(CCOC)no3)CN(C=O)C2)cc1. The van der Waals surface area contributed by atoms with Crippen molar-refractivity contribution in [3.05, 3.63) is 47.1 Å². The summed E-state index contributed by atoms with van der Waals surface area (Å²) in [6, 6.07) is 8.68. The van der Waals surface area contributed by atoms with Gasteiger partial charge in [-0.05, 0) is 24.0 Å². The van der Waals surface area contributed by atoms with Gasteiger partial charge < -0.3 is 14.2 Å². The number of carbonyl (C=O) groups excluding carboxylic acids is 1. The quantitative estimate of drug-likeness (QED) is 0.723. The van der Waals surface area contributed by atoms with E-state index in [4.69, 9.17) is 9.26 Å². The molecule has 1 fully saturated rings. The summed E-state index contributed by atoms with van der Waals surface area (Å²) in [5.74, 6) is 1.62. The first-order valence-corrected chi connectivity index (χ1v) is 8.83. The molecule has 2 heterocycles. The normalized spacial score (nSPS) is 20.6. The van der Waals surface area contributed by atoms with Crippen LogP contribution in [0, 0.1) is 0 Å². The van der Waals surface area contributed by atoms with Crippen LogP contribution in [-0.2, 0) is 22.4 Å². The Morgan fingerprint density at radius 3 is 2.72 bits per heavy atom. The lowest BCUT2D eigenvalue weighted by molar-refractivity contribution is -0.119. The summed E-state index contributed by atoms with van der Waals surface area (Å²) in [7, 11) is 1.65. The summed E-state index contributed by atoms with van der Waals surface area (Å²) >= 11 is 0. The van der Waals surface area contributed by atoms with Gasteiger partial charge in [-0.25, -0.2) is 0 Å². The largest absolute Gasteiger partial charge is 0.384 e. The summed E-state index contributed by atoms with van der Waals surface area (Å²) in [6.07, 6.45) is 3.48. The van der Waals surface area contributed by atoms with Gasteiger partial charge in [0.2, 0.25) is 12.3 Å². The van der Waals surface area contributed by atoms with Crippen LogP contribution in [0.4, 0.5) is 0 Å². The Kier molecular flexibility index (Phi) is 5.81.